The van der Waals surface area contributed by atoms with Gasteiger partial charge >= 0.3 is 0 Å². The average molecular weight is 315 g/mol. The summed E-state index contributed by atoms with van der Waals surface area (Å²) in [6.45, 7) is 4.36. The van der Waals surface area contributed by atoms with Gasteiger partial charge in [-0.25, -0.2) is 0 Å². The van der Waals surface area contributed by atoms with Crippen LogP contribution in [-0.2, 0) is 16.1 Å². The van der Waals surface area contributed by atoms with Crippen LogP contribution < -0.4 is 10.6 Å². The summed E-state index contributed by atoms with van der Waals surface area (Å²) in [5.41, 5.74) is 1.43. The van der Waals surface area contributed by atoms with Crippen molar-refractivity contribution in [3.63, 3.8) is 0 Å². The van der Waals surface area contributed by atoms with Gasteiger partial charge in [0.1, 0.15) is 6.04 Å². The Morgan fingerprint density at radius 2 is 2.00 bits per heavy atom. The van der Waals surface area contributed by atoms with Gasteiger partial charge in [-0.1, -0.05) is 18.7 Å². The van der Waals surface area contributed by atoms with Gasteiger partial charge in [0.25, 0.3) is 5.91 Å². The first-order chi connectivity index (χ1) is 11.1. The molecule has 23 heavy (non-hydrogen) atoms. The molecule has 1 aliphatic rings. The fraction of sp³-hybridized carbons (Fsp3) is 0.353. The number of carbonyl (C=O) groups is 3. The monoisotopic (exact) mass is 315 g/mol. The predicted molar refractivity (Wildman–Crippen MR) is 86.6 cm³/mol. The second-order valence-corrected chi connectivity index (χ2v) is 5.39. The zero-order valence-corrected chi connectivity index (χ0v) is 13.2. The molecule has 1 atom stereocenters. The number of benzene rings is 1. The number of hydrogen-bond donors (Lipinski definition) is 2. The molecule has 0 aromatic heterocycles. The summed E-state index contributed by atoms with van der Waals surface area (Å²) in [6, 6.07) is 6.64. The van der Waals surface area contributed by atoms with Crippen LogP contribution in [0.3, 0.4) is 0 Å². The summed E-state index contributed by atoms with van der Waals surface area (Å²) in [5.74, 6) is -0.506. The number of hydrogen-bond acceptors (Lipinski definition) is 3. The molecule has 2 N–H and O–H groups in total. The van der Waals surface area contributed by atoms with Crippen molar-refractivity contribution in [3.05, 3.63) is 48.0 Å². The van der Waals surface area contributed by atoms with E-state index in [-0.39, 0.29) is 23.8 Å². The minimum absolute atomic E-state index is 0.125. The van der Waals surface area contributed by atoms with Gasteiger partial charge in [-0.15, -0.1) is 0 Å². The molecular formula is C17H21N3O3. The van der Waals surface area contributed by atoms with Gasteiger partial charge in [-0.05, 0) is 36.6 Å². The van der Waals surface area contributed by atoms with E-state index < -0.39 is 0 Å². The molecule has 1 aromatic carbocycles. The van der Waals surface area contributed by atoms with Crippen molar-refractivity contribution < 1.29 is 14.4 Å². The van der Waals surface area contributed by atoms with Crippen molar-refractivity contribution in [2.75, 3.05) is 13.6 Å². The Morgan fingerprint density at radius 3 is 2.61 bits per heavy atom. The molecule has 0 saturated carbocycles. The number of likely N-dealkylation sites (N-methyl/N-ethyl adjacent to an activating group) is 1. The molecule has 0 radical (unpaired) electrons. The maximum Gasteiger partial charge on any atom is 0.254 e. The Kier molecular flexibility index (Phi) is 5.51. The van der Waals surface area contributed by atoms with Gasteiger partial charge in [0.2, 0.25) is 11.8 Å². The van der Waals surface area contributed by atoms with E-state index in [1.54, 1.807) is 36.2 Å². The highest BCUT2D eigenvalue weighted by Gasteiger charge is 2.33. The predicted octanol–water partition coefficient (Wildman–Crippen LogP) is 0.839. The number of likely N-dealkylation sites (tertiary alicyclic amines) is 1. The number of nitrogens with one attached hydrogen (secondary N) is 2. The van der Waals surface area contributed by atoms with Crippen LogP contribution in [0.15, 0.2) is 36.9 Å². The van der Waals surface area contributed by atoms with E-state index in [1.807, 2.05) is 0 Å². The molecule has 1 aromatic rings. The minimum Gasteiger partial charge on any atom is -0.357 e. The van der Waals surface area contributed by atoms with Gasteiger partial charge in [0.05, 0.1) is 0 Å². The van der Waals surface area contributed by atoms with Crippen LogP contribution in [0.5, 0.6) is 0 Å². The van der Waals surface area contributed by atoms with Crippen molar-refractivity contribution in [2.45, 2.75) is 25.4 Å². The zero-order valence-electron chi connectivity index (χ0n) is 13.2. The summed E-state index contributed by atoms with van der Waals surface area (Å²) in [6.07, 6.45) is 2.73. The maximum atomic E-state index is 12.6. The lowest BCUT2D eigenvalue weighted by atomic mass is 10.1. The molecular weight excluding hydrogens is 294 g/mol. The number of carbonyl (C=O) groups excluding carboxylic acids is 3. The van der Waals surface area contributed by atoms with Crippen LogP contribution >= 0.6 is 0 Å². The highest BCUT2D eigenvalue weighted by molar-refractivity contribution is 5.98. The zero-order chi connectivity index (χ0) is 16.8. The minimum atomic E-state index is -0.390. The third kappa shape index (κ3) is 3.97. The van der Waals surface area contributed by atoms with E-state index in [0.29, 0.717) is 25.1 Å². The lowest BCUT2D eigenvalue weighted by molar-refractivity contribution is -0.124. The van der Waals surface area contributed by atoms with Crippen molar-refractivity contribution in [1.29, 1.82) is 0 Å². The van der Waals surface area contributed by atoms with E-state index in [9.17, 15) is 14.4 Å². The smallest absolute Gasteiger partial charge is 0.254 e. The number of amides is 3. The first-order valence-electron chi connectivity index (χ1n) is 7.58. The van der Waals surface area contributed by atoms with Crippen LogP contribution in [0.2, 0.25) is 0 Å². The SMILES string of the molecule is C=CC(=O)NCc1ccc(C(=O)N2CCC[C@H]2C(=O)NC)cc1. The molecule has 1 aliphatic heterocycles. The summed E-state index contributed by atoms with van der Waals surface area (Å²) < 4.78 is 0. The Bertz CT molecular complexity index is 610. The molecule has 0 unspecified atom stereocenters. The van der Waals surface area contributed by atoms with Crippen LogP contribution in [0.1, 0.15) is 28.8 Å². The van der Waals surface area contributed by atoms with Gasteiger partial charge < -0.3 is 15.5 Å². The van der Waals surface area contributed by atoms with E-state index in [0.717, 1.165) is 12.0 Å². The Hall–Kier alpha value is -2.63. The van der Waals surface area contributed by atoms with Gasteiger partial charge in [0.15, 0.2) is 0 Å². The molecule has 6 nitrogen and oxygen atoms in total. The topological polar surface area (TPSA) is 78.5 Å². The van der Waals surface area contributed by atoms with Crippen LogP contribution in [0.25, 0.3) is 0 Å². The molecule has 1 fully saturated rings. The highest BCUT2D eigenvalue weighted by Crippen LogP contribution is 2.20. The molecule has 0 spiro atoms. The fourth-order valence-electron chi connectivity index (χ4n) is 2.64. The Labute approximate surface area is 135 Å². The Morgan fingerprint density at radius 1 is 1.30 bits per heavy atom. The second kappa shape index (κ2) is 7.58. The van der Waals surface area contributed by atoms with E-state index in [2.05, 4.69) is 17.2 Å². The maximum absolute atomic E-state index is 12.6. The molecule has 0 bridgehead atoms. The van der Waals surface area contributed by atoms with E-state index in [4.69, 9.17) is 0 Å². The average Bonchev–Trinajstić information content (AvgIpc) is 3.08. The van der Waals surface area contributed by atoms with E-state index in [1.165, 1.54) is 6.08 Å². The number of rotatable bonds is 5. The normalized spacial score (nSPS) is 16.7. The van der Waals surface area contributed by atoms with Crippen molar-refractivity contribution in [1.82, 2.24) is 15.5 Å². The third-order valence-electron chi connectivity index (χ3n) is 3.92. The van der Waals surface area contributed by atoms with Gasteiger partial charge in [-0.2, -0.15) is 0 Å². The number of nitrogens with zero attached hydrogens (tertiary/aromatic N) is 1. The van der Waals surface area contributed by atoms with Crippen molar-refractivity contribution in [2.24, 2.45) is 0 Å². The summed E-state index contributed by atoms with van der Waals surface area (Å²) in [4.78, 5) is 37.2. The molecule has 0 aliphatic carbocycles. The van der Waals surface area contributed by atoms with Gasteiger partial charge in [0, 0.05) is 25.7 Å². The van der Waals surface area contributed by atoms with Crippen LogP contribution in [-0.4, -0.2) is 42.3 Å². The standard InChI is InChI=1S/C17H21N3O3/c1-3-15(21)19-11-12-6-8-13(9-7-12)17(23)20-10-4-5-14(20)16(22)18-2/h3,6-9,14H,1,4-5,10-11H2,2H3,(H,18,22)(H,19,21)/t14-/m0/s1. The molecule has 2 rings (SSSR count). The highest BCUT2D eigenvalue weighted by atomic mass is 16.2. The quantitative estimate of drug-likeness (QED) is 0.790. The largest absolute Gasteiger partial charge is 0.357 e. The van der Waals surface area contributed by atoms with Crippen molar-refractivity contribution in [3.8, 4) is 0 Å². The van der Waals surface area contributed by atoms with E-state index >= 15 is 0 Å². The Balaban J connectivity index is 2.03. The molecule has 1 saturated heterocycles. The summed E-state index contributed by atoms with van der Waals surface area (Å²) in [7, 11) is 1.58. The van der Waals surface area contributed by atoms with Crippen LogP contribution in [0.4, 0.5) is 0 Å². The molecule has 6 heteroatoms. The molecule has 1 heterocycles. The fourth-order valence-corrected chi connectivity index (χ4v) is 2.64. The van der Waals surface area contributed by atoms with Crippen molar-refractivity contribution >= 4 is 17.7 Å². The molecule has 3 amide bonds. The lowest BCUT2D eigenvalue weighted by Crippen LogP contribution is -2.44. The molecule has 122 valence electrons. The summed E-state index contributed by atoms with van der Waals surface area (Å²) in [5, 5.41) is 5.28. The first-order valence-corrected chi connectivity index (χ1v) is 7.58. The summed E-state index contributed by atoms with van der Waals surface area (Å²) >= 11 is 0. The lowest BCUT2D eigenvalue weighted by Gasteiger charge is -2.23. The second-order valence-electron chi connectivity index (χ2n) is 5.39. The van der Waals surface area contributed by atoms with Gasteiger partial charge in [-0.3, -0.25) is 14.4 Å². The van der Waals surface area contributed by atoms with Crippen LogP contribution in [0, 0.1) is 0 Å². The third-order valence-corrected chi connectivity index (χ3v) is 3.92. The first kappa shape index (κ1) is 16.7.